The van der Waals surface area contributed by atoms with Crippen molar-refractivity contribution in [1.29, 1.82) is 0 Å². The highest BCUT2D eigenvalue weighted by atomic mass is 16.5. The predicted octanol–water partition coefficient (Wildman–Crippen LogP) is 4.72. The zero-order chi connectivity index (χ0) is 21.6. The van der Waals surface area contributed by atoms with Crippen molar-refractivity contribution in [2.45, 2.75) is 20.4 Å². The van der Waals surface area contributed by atoms with Crippen LogP contribution in [0.15, 0.2) is 77.3 Å². The Morgan fingerprint density at radius 1 is 0.935 bits per heavy atom. The normalized spacial score (nSPS) is 10.6. The number of ether oxygens (including phenoxy) is 1. The third-order valence-corrected chi connectivity index (χ3v) is 4.99. The minimum Gasteiger partial charge on any atom is -0.484 e. The molecule has 0 radical (unpaired) electrons. The lowest BCUT2D eigenvalue weighted by atomic mass is 10.1. The van der Waals surface area contributed by atoms with E-state index in [0.29, 0.717) is 24.0 Å². The second-order valence-electron chi connectivity index (χ2n) is 7.30. The van der Waals surface area contributed by atoms with Crippen molar-refractivity contribution < 1.29 is 14.1 Å². The topological polar surface area (TPSA) is 77.2 Å². The third kappa shape index (κ3) is 5.17. The van der Waals surface area contributed by atoms with Gasteiger partial charge in [0.2, 0.25) is 5.82 Å². The summed E-state index contributed by atoms with van der Waals surface area (Å²) in [6, 6.07) is 23.0. The van der Waals surface area contributed by atoms with E-state index in [1.807, 2.05) is 48.5 Å². The molecule has 1 amide bonds. The molecule has 6 nitrogen and oxygen atoms in total. The van der Waals surface area contributed by atoms with Crippen molar-refractivity contribution in [3.63, 3.8) is 0 Å². The highest BCUT2D eigenvalue weighted by Crippen LogP contribution is 2.24. The zero-order valence-electron chi connectivity index (χ0n) is 17.5. The Hall–Kier alpha value is -3.93. The van der Waals surface area contributed by atoms with Gasteiger partial charge in [0.15, 0.2) is 6.61 Å². The van der Waals surface area contributed by atoms with Gasteiger partial charge >= 0.3 is 0 Å². The Balaban J connectivity index is 1.30. The second kappa shape index (κ2) is 9.26. The molecule has 0 saturated heterocycles. The molecule has 0 aliphatic carbocycles. The minimum atomic E-state index is -0.174. The van der Waals surface area contributed by atoms with E-state index in [4.69, 9.17) is 9.26 Å². The number of carbonyl (C=O) groups excluding carboxylic acids is 1. The van der Waals surface area contributed by atoms with E-state index in [1.54, 1.807) is 12.1 Å². The van der Waals surface area contributed by atoms with Gasteiger partial charge in [-0.3, -0.25) is 4.79 Å². The van der Waals surface area contributed by atoms with Crippen molar-refractivity contribution in [3.05, 3.63) is 89.5 Å². The molecule has 4 rings (SSSR count). The SMILES string of the molecule is Cc1ccc(CNC(=O)COc2ccc(-c3nc(-c4ccccc4)no3)cc2)cc1C. The first-order valence-corrected chi connectivity index (χ1v) is 10.0. The molecule has 3 aromatic carbocycles. The molecule has 0 aliphatic rings. The van der Waals surface area contributed by atoms with Crippen LogP contribution in [0.3, 0.4) is 0 Å². The van der Waals surface area contributed by atoms with E-state index < -0.39 is 0 Å². The summed E-state index contributed by atoms with van der Waals surface area (Å²) in [7, 11) is 0. The number of nitrogens with one attached hydrogen (secondary N) is 1. The first-order chi connectivity index (χ1) is 15.1. The number of rotatable bonds is 7. The van der Waals surface area contributed by atoms with Gasteiger partial charge in [0, 0.05) is 17.7 Å². The summed E-state index contributed by atoms with van der Waals surface area (Å²) in [5.74, 6) is 1.38. The Morgan fingerprint density at radius 3 is 2.45 bits per heavy atom. The summed E-state index contributed by atoms with van der Waals surface area (Å²) < 4.78 is 11.0. The van der Waals surface area contributed by atoms with Crippen LogP contribution in [-0.4, -0.2) is 22.7 Å². The summed E-state index contributed by atoms with van der Waals surface area (Å²) in [6.07, 6.45) is 0. The fourth-order valence-corrected chi connectivity index (χ4v) is 3.05. The number of nitrogens with zero attached hydrogens (tertiary/aromatic N) is 2. The van der Waals surface area contributed by atoms with Crippen molar-refractivity contribution in [1.82, 2.24) is 15.5 Å². The van der Waals surface area contributed by atoms with E-state index in [2.05, 4.69) is 41.4 Å². The molecule has 0 spiro atoms. The Labute approximate surface area is 180 Å². The minimum absolute atomic E-state index is 0.0527. The van der Waals surface area contributed by atoms with Crippen LogP contribution in [0, 0.1) is 13.8 Å². The van der Waals surface area contributed by atoms with Gasteiger partial charge < -0.3 is 14.6 Å². The van der Waals surface area contributed by atoms with E-state index in [1.165, 1.54) is 11.1 Å². The van der Waals surface area contributed by atoms with Gasteiger partial charge in [-0.2, -0.15) is 4.98 Å². The monoisotopic (exact) mass is 413 g/mol. The van der Waals surface area contributed by atoms with Crippen LogP contribution < -0.4 is 10.1 Å². The maximum Gasteiger partial charge on any atom is 0.258 e. The lowest BCUT2D eigenvalue weighted by Gasteiger charge is -2.09. The molecule has 4 aromatic rings. The molecule has 1 heterocycles. The Morgan fingerprint density at radius 2 is 1.71 bits per heavy atom. The average Bonchev–Trinajstić information content (AvgIpc) is 3.30. The third-order valence-electron chi connectivity index (χ3n) is 4.99. The van der Waals surface area contributed by atoms with Gasteiger partial charge in [-0.25, -0.2) is 0 Å². The predicted molar refractivity (Wildman–Crippen MR) is 118 cm³/mol. The Kier molecular flexibility index (Phi) is 6.08. The van der Waals surface area contributed by atoms with Crippen molar-refractivity contribution in [2.75, 3.05) is 6.61 Å². The lowest BCUT2D eigenvalue weighted by molar-refractivity contribution is -0.123. The van der Waals surface area contributed by atoms with Gasteiger partial charge in [-0.05, 0) is 54.8 Å². The maximum atomic E-state index is 12.1. The van der Waals surface area contributed by atoms with Gasteiger partial charge in [0.1, 0.15) is 5.75 Å². The van der Waals surface area contributed by atoms with E-state index in [9.17, 15) is 4.79 Å². The quantitative estimate of drug-likeness (QED) is 0.475. The average molecular weight is 413 g/mol. The summed E-state index contributed by atoms with van der Waals surface area (Å²) >= 11 is 0. The number of hydrogen-bond donors (Lipinski definition) is 1. The van der Waals surface area contributed by atoms with E-state index >= 15 is 0 Å². The molecule has 0 atom stereocenters. The van der Waals surface area contributed by atoms with Gasteiger partial charge in [0.25, 0.3) is 11.8 Å². The van der Waals surface area contributed by atoms with Crippen LogP contribution in [0.5, 0.6) is 5.75 Å². The van der Waals surface area contributed by atoms with Gasteiger partial charge in [-0.15, -0.1) is 0 Å². The molecule has 0 unspecified atom stereocenters. The molecule has 0 saturated carbocycles. The molecule has 31 heavy (non-hydrogen) atoms. The standard InChI is InChI=1S/C25H23N3O3/c1-17-8-9-19(14-18(17)2)15-26-23(29)16-30-22-12-10-21(11-13-22)25-27-24(28-31-25)20-6-4-3-5-7-20/h3-14H,15-16H2,1-2H3,(H,26,29). The van der Waals surface area contributed by atoms with Crippen molar-refractivity contribution >= 4 is 5.91 Å². The van der Waals surface area contributed by atoms with Gasteiger partial charge in [0.05, 0.1) is 0 Å². The van der Waals surface area contributed by atoms with Crippen LogP contribution in [0.25, 0.3) is 22.8 Å². The van der Waals surface area contributed by atoms with Crippen LogP contribution >= 0.6 is 0 Å². The van der Waals surface area contributed by atoms with E-state index in [0.717, 1.165) is 16.7 Å². The smallest absolute Gasteiger partial charge is 0.258 e. The zero-order valence-corrected chi connectivity index (χ0v) is 17.5. The van der Waals surface area contributed by atoms with E-state index in [-0.39, 0.29) is 12.5 Å². The summed E-state index contributed by atoms with van der Waals surface area (Å²) in [6.45, 7) is 4.55. The number of aromatic nitrogens is 2. The van der Waals surface area contributed by atoms with Crippen molar-refractivity contribution in [2.24, 2.45) is 0 Å². The first-order valence-electron chi connectivity index (χ1n) is 10.0. The molecule has 0 bridgehead atoms. The van der Waals surface area contributed by atoms with Crippen LogP contribution in [0.4, 0.5) is 0 Å². The van der Waals surface area contributed by atoms with Crippen LogP contribution in [-0.2, 0) is 11.3 Å². The number of benzene rings is 3. The molecule has 1 aromatic heterocycles. The van der Waals surface area contributed by atoms with Crippen LogP contribution in [0.2, 0.25) is 0 Å². The molecule has 0 fully saturated rings. The number of hydrogen-bond acceptors (Lipinski definition) is 5. The molecule has 6 heteroatoms. The molecular weight excluding hydrogens is 390 g/mol. The number of aryl methyl sites for hydroxylation is 2. The van der Waals surface area contributed by atoms with Crippen LogP contribution in [0.1, 0.15) is 16.7 Å². The number of amides is 1. The highest BCUT2D eigenvalue weighted by Gasteiger charge is 2.11. The molecule has 156 valence electrons. The molecule has 0 aliphatic heterocycles. The fourth-order valence-electron chi connectivity index (χ4n) is 3.05. The summed E-state index contributed by atoms with van der Waals surface area (Å²) in [5.41, 5.74) is 5.18. The molecule has 1 N–H and O–H groups in total. The summed E-state index contributed by atoms with van der Waals surface area (Å²) in [5, 5.41) is 6.90. The molecular formula is C25H23N3O3. The van der Waals surface area contributed by atoms with Crippen molar-refractivity contribution in [3.8, 4) is 28.6 Å². The highest BCUT2D eigenvalue weighted by molar-refractivity contribution is 5.77. The fraction of sp³-hybridized carbons (Fsp3) is 0.160. The second-order valence-corrected chi connectivity index (χ2v) is 7.30. The largest absolute Gasteiger partial charge is 0.484 e. The number of carbonyl (C=O) groups is 1. The maximum absolute atomic E-state index is 12.1. The first kappa shape index (κ1) is 20.3. The summed E-state index contributed by atoms with van der Waals surface area (Å²) in [4.78, 5) is 16.5. The van der Waals surface area contributed by atoms with Gasteiger partial charge in [-0.1, -0.05) is 53.7 Å². The Bertz CT molecular complexity index is 1170. The lowest BCUT2D eigenvalue weighted by Crippen LogP contribution is -2.28.